The third-order valence-electron chi connectivity index (χ3n) is 4.11. The predicted octanol–water partition coefficient (Wildman–Crippen LogP) is 2.04. The summed E-state index contributed by atoms with van der Waals surface area (Å²) in [6.07, 6.45) is 5.50. The van der Waals surface area contributed by atoms with Crippen LogP contribution in [-0.2, 0) is 0 Å². The summed E-state index contributed by atoms with van der Waals surface area (Å²) in [4.78, 5) is 22.3. The number of rotatable bonds is 4. The van der Waals surface area contributed by atoms with Crippen molar-refractivity contribution in [3.63, 3.8) is 0 Å². The summed E-state index contributed by atoms with van der Waals surface area (Å²) >= 11 is 0. The van der Waals surface area contributed by atoms with Gasteiger partial charge in [-0.05, 0) is 38.0 Å². The molecule has 5 nitrogen and oxygen atoms in total. The summed E-state index contributed by atoms with van der Waals surface area (Å²) in [5, 5.41) is 10.2. The maximum atomic E-state index is 12.3. The Bertz CT molecular complexity index is 465. The first-order valence-electron chi connectivity index (χ1n) is 7.73. The second kappa shape index (κ2) is 6.98. The van der Waals surface area contributed by atoms with Crippen molar-refractivity contribution in [2.24, 2.45) is 11.8 Å². The summed E-state index contributed by atoms with van der Waals surface area (Å²) in [6.45, 7) is 7.45. The molecule has 0 aromatic carbocycles. The van der Waals surface area contributed by atoms with Gasteiger partial charge in [-0.1, -0.05) is 13.8 Å². The molecule has 2 rings (SSSR count). The lowest BCUT2D eigenvalue weighted by Gasteiger charge is -2.34. The summed E-state index contributed by atoms with van der Waals surface area (Å²) < 4.78 is 0. The molecule has 1 atom stereocenters. The second-order valence-electron chi connectivity index (χ2n) is 6.35. The number of aromatic nitrogens is 2. The first-order chi connectivity index (χ1) is 9.97. The van der Waals surface area contributed by atoms with Crippen molar-refractivity contribution < 1.29 is 9.90 Å². The predicted molar refractivity (Wildman–Crippen MR) is 80.9 cm³/mol. The smallest absolute Gasteiger partial charge is 0.256 e. The first-order valence-corrected chi connectivity index (χ1v) is 7.73. The van der Waals surface area contributed by atoms with Crippen molar-refractivity contribution in [3.8, 4) is 0 Å². The molecule has 1 amide bonds. The number of likely N-dealkylation sites (tertiary alicyclic amines) is 1. The Kier molecular flexibility index (Phi) is 5.28. The van der Waals surface area contributed by atoms with Gasteiger partial charge in [-0.25, -0.2) is 9.97 Å². The highest BCUT2D eigenvalue weighted by atomic mass is 16.3. The fourth-order valence-corrected chi connectivity index (χ4v) is 2.85. The number of aryl methyl sites for hydroxylation is 1. The van der Waals surface area contributed by atoms with Gasteiger partial charge in [0.25, 0.3) is 5.91 Å². The van der Waals surface area contributed by atoms with Crippen molar-refractivity contribution in [3.05, 3.63) is 23.8 Å². The molecule has 116 valence electrons. The minimum atomic E-state index is -0.245. The van der Waals surface area contributed by atoms with E-state index in [-0.39, 0.29) is 12.0 Å². The molecule has 0 saturated carbocycles. The molecule has 5 heteroatoms. The number of carbonyl (C=O) groups is 1. The molecule has 1 fully saturated rings. The molecule has 0 aliphatic carbocycles. The van der Waals surface area contributed by atoms with Gasteiger partial charge in [0.2, 0.25) is 0 Å². The van der Waals surface area contributed by atoms with Crippen molar-refractivity contribution in [1.82, 2.24) is 14.9 Å². The zero-order chi connectivity index (χ0) is 15.4. The molecule has 0 bridgehead atoms. The normalized spacial score (nSPS) is 18.0. The standard InChI is InChI=1S/C16H25N3O2/c1-11(2)8-15(20)13-4-6-19(7-5-13)16(21)14-9-17-12(3)18-10-14/h9-11,13,15,20H,4-8H2,1-3H3. The molecule has 1 aliphatic rings. The summed E-state index contributed by atoms with van der Waals surface area (Å²) in [5.41, 5.74) is 0.543. The highest BCUT2D eigenvalue weighted by Gasteiger charge is 2.28. The number of carbonyl (C=O) groups excluding carboxylic acids is 1. The molecule has 0 spiro atoms. The Balaban J connectivity index is 1.88. The highest BCUT2D eigenvalue weighted by Crippen LogP contribution is 2.25. The summed E-state index contributed by atoms with van der Waals surface area (Å²) in [7, 11) is 0. The summed E-state index contributed by atoms with van der Waals surface area (Å²) in [5.74, 6) is 1.48. The number of nitrogens with zero attached hydrogens (tertiary/aromatic N) is 3. The fourth-order valence-electron chi connectivity index (χ4n) is 2.85. The minimum Gasteiger partial charge on any atom is -0.393 e. The third-order valence-corrected chi connectivity index (χ3v) is 4.11. The van der Waals surface area contributed by atoms with Crippen LogP contribution in [0, 0.1) is 18.8 Å². The van der Waals surface area contributed by atoms with Crippen LogP contribution in [0.15, 0.2) is 12.4 Å². The Hall–Kier alpha value is -1.49. The lowest BCUT2D eigenvalue weighted by molar-refractivity contribution is 0.0385. The number of amides is 1. The van der Waals surface area contributed by atoms with Crippen molar-refractivity contribution in [2.45, 2.75) is 46.1 Å². The Morgan fingerprint density at radius 2 is 1.90 bits per heavy atom. The molecule has 1 saturated heterocycles. The molecule has 21 heavy (non-hydrogen) atoms. The number of aliphatic hydroxyl groups is 1. The van der Waals surface area contributed by atoms with Gasteiger partial charge in [-0.3, -0.25) is 4.79 Å². The van der Waals surface area contributed by atoms with E-state index in [9.17, 15) is 9.90 Å². The van der Waals surface area contributed by atoms with E-state index in [1.807, 2.05) is 4.90 Å². The van der Waals surface area contributed by atoms with E-state index >= 15 is 0 Å². The molecule has 1 N–H and O–H groups in total. The lowest BCUT2D eigenvalue weighted by atomic mass is 9.87. The Morgan fingerprint density at radius 1 is 1.33 bits per heavy atom. The molecule has 1 aromatic heterocycles. The van der Waals surface area contributed by atoms with Crippen LogP contribution in [0.2, 0.25) is 0 Å². The SMILES string of the molecule is Cc1ncc(C(=O)N2CCC(C(O)CC(C)C)CC2)cn1. The van der Waals surface area contributed by atoms with Crippen LogP contribution in [0.3, 0.4) is 0 Å². The topological polar surface area (TPSA) is 66.3 Å². The minimum absolute atomic E-state index is 0.00759. The van der Waals surface area contributed by atoms with Gasteiger partial charge in [0.15, 0.2) is 0 Å². The van der Waals surface area contributed by atoms with Crippen molar-refractivity contribution in [2.75, 3.05) is 13.1 Å². The number of hydrogen-bond acceptors (Lipinski definition) is 4. The molecule has 1 aromatic rings. The molecule has 0 radical (unpaired) electrons. The number of aliphatic hydroxyl groups excluding tert-OH is 1. The van der Waals surface area contributed by atoms with E-state index in [2.05, 4.69) is 23.8 Å². The van der Waals surface area contributed by atoms with Gasteiger partial charge in [-0.15, -0.1) is 0 Å². The largest absolute Gasteiger partial charge is 0.393 e. The van der Waals surface area contributed by atoms with E-state index < -0.39 is 0 Å². The van der Waals surface area contributed by atoms with Crippen LogP contribution in [0.1, 0.15) is 49.3 Å². The van der Waals surface area contributed by atoms with Crippen LogP contribution < -0.4 is 0 Å². The molecule has 2 heterocycles. The van der Waals surface area contributed by atoms with E-state index in [1.165, 1.54) is 0 Å². The molecular formula is C16H25N3O2. The van der Waals surface area contributed by atoms with Gasteiger partial charge in [0, 0.05) is 25.5 Å². The second-order valence-corrected chi connectivity index (χ2v) is 6.35. The third kappa shape index (κ3) is 4.24. The fraction of sp³-hybridized carbons (Fsp3) is 0.688. The number of piperidine rings is 1. The van der Waals surface area contributed by atoms with Gasteiger partial charge in [0.05, 0.1) is 11.7 Å². The Labute approximate surface area is 126 Å². The van der Waals surface area contributed by atoms with E-state index in [1.54, 1.807) is 19.3 Å². The molecular weight excluding hydrogens is 266 g/mol. The lowest BCUT2D eigenvalue weighted by Crippen LogP contribution is -2.41. The van der Waals surface area contributed by atoms with Crippen LogP contribution in [0.25, 0.3) is 0 Å². The Morgan fingerprint density at radius 3 is 2.43 bits per heavy atom. The van der Waals surface area contributed by atoms with Gasteiger partial charge < -0.3 is 10.0 Å². The molecule has 1 unspecified atom stereocenters. The summed E-state index contributed by atoms with van der Waals surface area (Å²) in [6, 6.07) is 0. The highest BCUT2D eigenvalue weighted by molar-refractivity contribution is 5.93. The van der Waals surface area contributed by atoms with Crippen LogP contribution in [0.4, 0.5) is 0 Å². The average molecular weight is 291 g/mol. The maximum Gasteiger partial charge on any atom is 0.256 e. The maximum absolute atomic E-state index is 12.3. The quantitative estimate of drug-likeness (QED) is 0.922. The van der Waals surface area contributed by atoms with Crippen molar-refractivity contribution in [1.29, 1.82) is 0 Å². The van der Waals surface area contributed by atoms with Crippen LogP contribution >= 0.6 is 0 Å². The van der Waals surface area contributed by atoms with Crippen LogP contribution in [-0.4, -0.2) is 45.1 Å². The zero-order valence-corrected chi connectivity index (χ0v) is 13.1. The van der Waals surface area contributed by atoms with Gasteiger partial charge >= 0.3 is 0 Å². The van der Waals surface area contributed by atoms with Crippen molar-refractivity contribution >= 4 is 5.91 Å². The van der Waals surface area contributed by atoms with Gasteiger partial charge in [0.1, 0.15) is 5.82 Å². The van der Waals surface area contributed by atoms with E-state index in [4.69, 9.17) is 0 Å². The van der Waals surface area contributed by atoms with E-state index in [0.717, 1.165) is 19.3 Å². The molecule has 1 aliphatic heterocycles. The monoisotopic (exact) mass is 291 g/mol. The van der Waals surface area contributed by atoms with E-state index in [0.29, 0.717) is 36.3 Å². The average Bonchev–Trinajstić information content (AvgIpc) is 2.47. The first kappa shape index (κ1) is 15.9. The number of hydrogen-bond donors (Lipinski definition) is 1. The van der Waals surface area contributed by atoms with Gasteiger partial charge in [-0.2, -0.15) is 0 Å². The zero-order valence-electron chi connectivity index (χ0n) is 13.1. The van der Waals surface area contributed by atoms with Crippen LogP contribution in [0.5, 0.6) is 0 Å².